The Morgan fingerprint density at radius 3 is 2.37 bits per heavy atom. The van der Waals surface area contributed by atoms with E-state index in [0.29, 0.717) is 59.0 Å². The molecule has 19 heteroatoms. The fourth-order valence-electron chi connectivity index (χ4n) is 13.0. The second kappa shape index (κ2) is 24.9. The number of piperidine rings is 3. The molecule has 5 N–H and O–H groups in total. The van der Waals surface area contributed by atoms with Gasteiger partial charge >= 0.3 is 0 Å². The molecule has 0 bridgehead atoms. The van der Waals surface area contributed by atoms with Crippen molar-refractivity contribution < 1.29 is 29.1 Å². The number of phenols is 1. The van der Waals surface area contributed by atoms with Crippen molar-refractivity contribution in [1.29, 1.82) is 0 Å². The van der Waals surface area contributed by atoms with Crippen LogP contribution in [0.3, 0.4) is 0 Å². The van der Waals surface area contributed by atoms with Gasteiger partial charge in [-0.2, -0.15) is 5.10 Å². The number of para-hydroxylation sites is 1. The second-order valence-electron chi connectivity index (χ2n) is 23.9. The highest BCUT2D eigenvalue weighted by Gasteiger charge is 2.44. The van der Waals surface area contributed by atoms with Gasteiger partial charge < -0.3 is 50.1 Å². The molecule has 1 unspecified atom stereocenters. The molecule has 4 saturated heterocycles. The number of nitrogen functional groups attached to an aromatic ring is 1. The van der Waals surface area contributed by atoms with Gasteiger partial charge in [-0.1, -0.05) is 67.6 Å². The average Bonchev–Trinajstić information content (AvgIpc) is 4.31. The smallest absolute Gasteiger partial charge is 0.243 e. The molecule has 4 aromatic heterocycles. The SMILES string of the molecule is Cc1ncsc1-c1ccc([C@H](C)NC(=O)[C@@H]2C[C@@H](O)CN2C(=O)[C@@H](c2cc(N3CCC(CN4CCC(OC5CC(N6CCC(C(C)n7cc(/C=C/c8cc(-c9ccccc9O)nnc8N)cn7)CC6)C5)CC4)CC3)no2)C(C)C)cc1. The van der Waals surface area contributed by atoms with E-state index in [1.807, 2.05) is 100 Å². The number of benzene rings is 2. The van der Waals surface area contributed by atoms with E-state index in [0.717, 1.165) is 136 Å². The second-order valence-corrected chi connectivity index (χ2v) is 24.8. The van der Waals surface area contributed by atoms with E-state index in [9.17, 15) is 19.8 Å². The van der Waals surface area contributed by atoms with Crippen LogP contribution in [0.4, 0.5) is 11.6 Å². The topological polar surface area (TPSA) is 217 Å². The lowest BCUT2D eigenvalue weighted by Gasteiger charge is -2.47. The third kappa shape index (κ3) is 12.9. The minimum Gasteiger partial charge on any atom is -0.507 e. The third-order valence-electron chi connectivity index (χ3n) is 18.1. The maximum atomic E-state index is 14.4. The number of thiazole rings is 1. The van der Waals surface area contributed by atoms with E-state index in [-0.39, 0.29) is 42.5 Å². The third-order valence-corrected chi connectivity index (χ3v) is 19.1. The average molecular weight is 1120 g/mol. The number of aromatic hydroxyl groups is 1. The summed E-state index contributed by atoms with van der Waals surface area (Å²) in [5.41, 5.74) is 13.9. The first-order valence-electron chi connectivity index (χ1n) is 29.5. The number of hydrogen-bond acceptors (Lipinski definition) is 16. The number of aliphatic hydroxyl groups is 1. The number of rotatable bonds is 18. The van der Waals surface area contributed by atoms with Crippen LogP contribution < -0.4 is 16.0 Å². The Hall–Kier alpha value is -6.51. The predicted octanol–water partition coefficient (Wildman–Crippen LogP) is 9.00. The van der Waals surface area contributed by atoms with Crippen LogP contribution in [0.25, 0.3) is 33.9 Å². The van der Waals surface area contributed by atoms with E-state index >= 15 is 0 Å². The van der Waals surface area contributed by atoms with E-state index in [4.69, 9.17) is 20.1 Å². The van der Waals surface area contributed by atoms with Crippen molar-refractivity contribution in [1.82, 2.24) is 50.1 Å². The number of β-amino-alcohol motifs (C(OH)–C–C–N with tert-alkyl or cyclic N) is 1. The molecule has 430 valence electrons. The van der Waals surface area contributed by atoms with Crippen LogP contribution in [0.1, 0.15) is 132 Å². The summed E-state index contributed by atoms with van der Waals surface area (Å²) in [6, 6.07) is 18.8. The first-order chi connectivity index (χ1) is 39.2. The number of carbonyl (C=O) groups excluding carboxylic acids is 2. The summed E-state index contributed by atoms with van der Waals surface area (Å²) in [6.45, 7) is 17.5. The molecule has 81 heavy (non-hydrogen) atoms. The summed E-state index contributed by atoms with van der Waals surface area (Å²) in [6.07, 6.45) is 16.9. The summed E-state index contributed by atoms with van der Waals surface area (Å²) in [4.78, 5) is 42.9. The van der Waals surface area contributed by atoms with Gasteiger partial charge in [0.25, 0.3) is 0 Å². The molecule has 11 rings (SSSR count). The van der Waals surface area contributed by atoms with Gasteiger partial charge in [0.2, 0.25) is 11.8 Å². The lowest BCUT2D eigenvalue weighted by molar-refractivity contribution is -0.141. The highest BCUT2D eigenvalue weighted by atomic mass is 32.1. The Balaban J connectivity index is 0.578. The van der Waals surface area contributed by atoms with Gasteiger partial charge in [0.1, 0.15) is 17.7 Å². The summed E-state index contributed by atoms with van der Waals surface area (Å²) in [5.74, 6) is 1.62. The van der Waals surface area contributed by atoms with E-state index in [1.165, 1.54) is 0 Å². The standard InChI is InChI=1S/C62H80N12O6S/c1-38(2)58(62(78)73-36-49(75)31-54(73)61(77)66-39(3)44-12-14-46(15-13-44)59-40(4)64-37-81-59)56-32-57(69-80-56)72-24-16-42(17-25-72)34-70-22-20-50(21-23-70)79-51-29-48(30-51)71-26-18-45(19-27-71)41(5)74-35-43(33-65-74)10-11-47-28-53(67-68-60(47)63)52-8-6-7-9-55(52)76/h6-15,28,32-33,35,37-39,41-42,45,48-51,54,58,75-76H,16-27,29-31,34,36H2,1-5H3,(H2,63,68)(H,66,77)/b11-10+/t39-,41?,48?,49+,51?,54-,58+/m0/s1. The lowest BCUT2D eigenvalue weighted by atomic mass is 9.83. The molecule has 0 radical (unpaired) electrons. The normalized spacial score (nSPS) is 23.0. The molecular formula is C62H80N12O6S. The van der Waals surface area contributed by atoms with Crippen molar-refractivity contribution in [2.75, 3.05) is 63.0 Å². The quantitative estimate of drug-likeness (QED) is 0.0631. The lowest BCUT2D eigenvalue weighted by Crippen LogP contribution is -2.52. The van der Waals surface area contributed by atoms with Crippen molar-refractivity contribution in [2.45, 2.75) is 141 Å². The first kappa shape index (κ1) is 56.4. The summed E-state index contributed by atoms with van der Waals surface area (Å²) < 4.78 is 14.8. The predicted molar refractivity (Wildman–Crippen MR) is 315 cm³/mol. The largest absolute Gasteiger partial charge is 0.507 e. The number of ether oxygens (including phenoxy) is 1. The van der Waals surface area contributed by atoms with Crippen molar-refractivity contribution in [3.05, 3.63) is 107 Å². The number of hydrogen-bond donors (Lipinski definition) is 4. The van der Waals surface area contributed by atoms with Gasteiger partial charge in [-0.05, 0) is 132 Å². The number of carbonyl (C=O) groups is 2. The van der Waals surface area contributed by atoms with Gasteiger partial charge in [-0.15, -0.1) is 21.5 Å². The number of nitrogens with one attached hydrogen (secondary N) is 1. The van der Waals surface area contributed by atoms with Crippen molar-refractivity contribution >= 4 is 46.9 Å². The fraction of sp³-hybridized carbons (Fsp3) is 0.532. The number of aromatic nitrogens is 6. The molecule has 1 aliphatic carbocycles. The molecule has 5 fully saturated rings. The molecular weight excluding hydrogens is 1040 g/mol. The number of likely N-dealkylation sites (tertiary alicyclic amines) is 3. The molecule has 6 aromatic rings. The molecule has 18 nitrogen and oxygen atoms in total. The Kier molecular flexibility index (Phi) is 17.3. The van der Waals surface area contributed by atoms with E-state index < -0.39 is 18.1 Å². The van der Waals surface area contributed by atoms with Gasteiger partial charge in [-0.25, -0.2) is 4.98 Å². The molecule has 8 heterocycles. The van der Waals surface area contributed by atoms with E-state index in [2.05, 4.69) is 58.2 Å². The number of amides is 2. The number of nitrogens with two attached hydrogens (primary N) is 1. The number of aryl methyl sites for hydroxylation is 1. The van der Waals surface area contributed by atoms with Gasteiger partial charge in [0, 0.05) is 80.7 Å². The number of phenolic OH excluding ortho intramolecular Hbond substituents is 1. The monoisotopic (exact) mass is 1120 g/mol. The van der Waals surface area contributed by atoms with Crippen LogP contribution in [0.5, 0.6) is 5.75 Å². The van der Waals surface area contributed by atoms with Crippen molar-refractivity contribution in [2.24, 2.45) is 17.8 Å². The molecule has 4 aliphatic heterocycles. The summed E-state index contributed by atoms with van der Waals surface area (Å²) in [7, 11) is 0. The highest BCUT2D eigenvalue weighted by Crippen LogP contribution is 2.38. The number of aliphatic hydroxyl groups excluding tert-OH is 1. The first-order valence-corrected chi connectivity index (χ1v) is 30.4. The van der Waals surface area contributed by atoms with Crippen LogP contribution in [0.15, 0.2) is 83.1 Å². The Bertz CT molecular complexity index is 3110. The van der Waals surface area contributed by atoms with Gasteiger partial charge in [-0.3, -0.25) is 14.3 Å². The Morgan fingerprint density at radius 1 is 0.901 bits per heavy atom. The zero-order chi connectivity index (χ0) is 56.3. The van der Waals surface area contributed by atoms with Crippen molar-refractivity contribution in [3.8, 4) is 27.4 Å². The summed E-state index contributed by atoms with van der Waals surface area (Å²) in [5, 5.41) is 41.8. The zero-order valence-electron chi connectivity index (χ0n) is 47.5. The zero-order valence-corrected chi connectivity index (χ0v) is 48.3. The van der Waals surface area contributed by atoms with Gasteiger partial charge in [0.05, 0.1) is 58.4 Å². The molecule has 5 aliphatic rings. The minimum absolute atomic E-state index is 0.0906. The number of nitrogens with zero attached hydrogens (tertiary/aromatic N) is 10. The Morgan fingerprint density at radius 2 is 1.65 bits per heavy atom. The van der Waals surface area contributed by atoms with Crippen LogP contribution in [-0.2, 0) is 14.3 Å². The van der Waals surface area contributed by atoms with Crippen LogP contribution in [-0.4, -0.2) is 150 Å². The maximum absolute atomic E-state index is 14.4. The van der Waals surface area contributed by atoms with Crippen LogP contribution >= 0.6 is 11.3 Å². The highest BCUT2D eigenvalue weighted by molar-refractivity contribution is 7.13. The molecule has 0 spiro atoms. The maximum Gasteiger partial charge on any atom is 0.243 e. The molecule has 2 amide bonds. The van der Waals surface area contributed by atoms with Gasteiger partial charge in [0.15, 0.2) is 17.4 Å². The van der Waals surface area contributed by atoms with Crippen LogP contribution in [0.2, 0.25) is 0 Å². The van der Waals surface area contributed by atoms with Crippen LogP contribution in [0, 0.1) is 24.7 Å². The van der Waals surface area contributed by atoms with E-state index in [1.54, 1.807) is 28.4 Å². The Labute approximate surface area is 479 Å². The molecule has 1 saturated carbocycles. The number of anilines is 2. The summed E-state index contributed by atoms with van der Waals surface area (Å²) >= 11 is 1.60. The van der Waals surface area contributed by atoms with Crippen molar-refractivity contribution in [3.63, 3.8) is 0 Å². The molecule has 2 aromatic carbocycles. The minimum atomic E-state index is -0.797. The molecule has 5 atom stereocenters. The fourth-order valence-corrected chi connectivity index (χ4v) is 13.9.